The first-order valence-corrected chi connectivity index (χ1v) is 12.7. The standard InChI is InChI=1S/C19H34O3SSi/c1-15(2)24(16(3)4,17(5)6)22-13-18(7)14-23(20,21)19-11-9-8-10-12-19/h8-12,15-18H,13-14H2,1-7H3/t18-/m0/s1. The Labute approximate surface area is 149 Å². The van der Waals surface area contributed by atoms with Gasteiger partial charge < -0.3 is 4.43 Å². The summed E-state index contributed by atoms with van der Waals surface area (Å²) >= 11 is 0. The summed E-state index contributed by atoms with van der Waals surface area (Å²) in [4.78, 5) is 0.400. The first-order valence-electron chi connectivity index (χ1n) is 8.95. The highest BCUT2D eigenvalue weighted by Crippen LogP contribution is 2.42. The third kappa shape index (κ3) is 4.93. The lowest BCUT2D eigenvalue weighted by molar-refractivity contribution is 0.239. The van der Waals surface area contributed by atoms with Crippen LogP contribution in [0.4, 0.5) is 0 Å². The number of rotatable bonds is 9. The molecule has 138 valence electrons. The molecule has 0 aliphatic carbocycles. The van der Waals surface area contributed by atoms with E-state index in [0.29, 0.717) is 28.1 Å². The van der Waals surface area contributed by atoms with Gasteiger partial charge in [0.15, 0.2) is 18.2 Å². The minimum absolute atomic E-state index is 0.0154. The Bertz CT molecular complexity index is 573. The van der Waals surface area contributed by atoms with Crippen LogP contribution in [0.5, 0.6) is 0 Å². The molecule has 0 amide bonds. The SMILES string of the molecule is CC(C)[Si](OC[C@H](C)CS(=O)(=O)c1ccccc1)(C(C)C)C(C)C. The van der Waals surface area contributed by atoms with Crippen LogP contribution in [0.3, 0.4) is 0 Å². The first-order chi connectivity index (χ1) is 11.0. The van der Waals surface area contributed by atoms with Gasteiger partial charge in [0.1, 0.15) is 0 Å². The van der Waals surface area contributed by atoms with Crippen LogP contribution in [-0.2, 0) is 14.3 Å². The van der Waals surface area contributed by atoms with Crippen LogP contribution in [0.25, 0.3) is 0 Å². The van der Waals surface area contributed by atoms with E-state index in [1.807, 2.05) is 13.0 Å². The average molecular weight is 371 g/mol. The van der Waals surface area contributed by atoms with Gasteiger partial charge in [0, 0.05) is 6.61 Å². The summed E-state index contributed by atoms with van der Waals surface area (Å²) in [5.74, 6) is 0.119. The normalized spacial score (nSPS) is 14.6. The van der Waals surface area contributed by atoms with E-state index >= 15 is 0 Å². The largest absolute Gasteiger partial charge is 0.416 e. The molecule has 3 nitrogen and oxygen atoms in total. The van der Waals surface area contributed by atoms with Gasteiger partial charge in [-0.15, -0.1) is 0 Å². The van der Waals surface area contributed by atoms with Crippen molar-refractivity contribution < 1.29 is 12.8 Å². The molecule has 1 aromatic rings. The predicted molar refractivity (Wildman–Crippen MR) is 105 cm³/mol. The Morgan fingerprint density at radius 3 is 1.75 bits per heavy atom. The van der Waals surface area contributed by atoms with Crippen molar-refractivity contribution in [2.75, 3.05) is 12.4 Å². The second kappa shape index (κ2) is 8.63. The van der Waals surface area contributed by atoms with Crippen molar-refractivity contribution >= 4 is 18.2 Å². The summed E-state index contributed by atoms with van der Waals surface area (Å²) in [5.41, 5.74) is 1.53. The Morgan fingerprint density at radius 2 is 1.33 bits per heavy atom. The summed E-state index contributed by atoms with van der Waals surface area (Å²) in [6, 6.07) is 8.70. The highest BCUT2D eigenvalue weighted by molar-refractivity contribution is 7.91. The maximum Gasteiger partial charge on any atom is 0.200 e. The third-order valence-corrected chi connectivity index (χ3v) is 13.0. The van der Waals surface area contributed by atoms with E-state index in [-0.39, 0.29) is 11.7 Å². The van der Waals surface area contributed by atoms with Gasteiger partial charge >= 0.3 is 0 Å². The van der Waals surface area contributed by atoms with Crippen molar-refractivity contribution in [2.45, 2.75) is 70.0 Å². The van der Waals surface area contributed by atoms with Crippen LogP contribution >= 0.6 is 0 Å². The van der Waals surface area contributed by atoms with Crippen LogP contribution in [0.2, 0.25) is 16.6 Å². The van der Waals surface area contributed by atoms with E-state index in [1.54, 1.807) is 24.3 Å². The molecule has 1 rings (SSSR count). The lowest BCUT2D eigenvalue weighted by Gasteiger charge is -2.42. The van der Waals surface area contributed by atoms with E-state index < -0.39 is 18.2 Å². The fraction of sp³-hybridized carbons (Fsp3) is 0.684. The van der Waals surface area contributed by atoms with Crippen molar-refractivity contribution in [2.24, 2.45) is 5.92 Å². The van der Waals surface area contributed by atoms with Gasteiger partial charge in [-0.3, -0.25) is 0 Å². The zero-order valence-electron chi connectivity index (χ0n) is 16.2. The van der Waals surface area contributed by atoms with Crippen molar-refractivity contribution in [3.63, 3.8) is 0 Å². The molecule has 0 aliphatic heterocycles. The molecule has 1 aromatic carbocycles. The van der Waals surface area contributed by atoms with Crippen molar-refractivity contribution in [3.8, 4) is 0 Å². The second-order valence-corrected chi connectivity index (χ2v) is 15.3. The Kier molecular flexibility index (Phi) is 7.69. The fourth-order valence-corrected chi connectivity index (χ4v) is 11.1. The van der Waals surface area contributed by atoms with Gasteiger partial charge in [0.25, 0.3) is 0 Å². The maximum atomic E-state index is 12.5. The summed E-state index contributed by atoms with van der Waals surface area (Å²) in [5, 5.41) is 0. The predicted octanol–water partition coefficient (Wildman–Crippen LogP) is 5.29. The van der Waals surface area contributed by atoms with E-state index in [0.717, 1.165) is 0 Å². The molecule has 0 unspecified atom stereocenters. The Balaban J connectivity index is 2.82. The highest BCUT2D eigenvalue weighted by atomic mass is 32.2. The quantitative estimate of drug-likeness (QED) is 0.555. The van der Waals surface area contributed by atoms with Gasteiger partial charge in [-0.1, -0.05) is 66.7 Å². The van der Waals surface area contributed by atoms with Crippen molar-refractivity contribution in [1.29, 1.82) is 0 Å². The average Bonchev–Trinajstić information content (AvgIpc) is 2.47. The van der Waals surface area contributed by atoms with E-state index in [1.165, 1.54) is 0 Å². The fourth-order valence-electron chi connectivity index (χ4n) is 3.93. The molecule has 0 bridgehead atoms. The minimum Gasteiger partial charge on any atom is -0.416 e. The van der Waals surface area contributed by atoms with Crippen LogP contribution in [0, 0.1) is 5.92 Å². The second-order valence-electron chi connectivity index (χ2n) is 7.83. The number of benzene rings is 1. The molecule has 0 N–H and O–H groups in total. The van der Waals surface area contributed by atoms with Gasteiger partial charge in [-0.2, -0.15) is 0 Å². The van der Waals surface area contributed by atoms with Gasteiger partial charge in [0.2, 0.25) is 0 Å². The molecule has 0 fully saturated rings. The molecule has 0 radical (unpaired) electrons. The molecule has 0 saturated heterocycles. The monoisotopic (exact) mass is 370 g/mol. The lowest BCUT2D eigenvalue weighted by atomic mass is 10.2. The van der Waals surface area contributed by atoms with Crippen molar-refractivity contribution in [1.82, 2.24) is 0 Å². The van der Waals surface area contributed by atoms with E-state index in [9.17, 15) is 8.42 Å². The van der Waals surface area contributed by atoms with E-state index in [4.69, 9.17) is 4.43 Å². The number of hydrogen-bond acceptors (Lipinski definition) is 3. The minimum atomic E-state index is -3.25. The zero-order chi connectivity index (χ0) is 18.5. The lowest BCUT2D eigenvalue weighted by Crippen LogP contribution is -2.48. The summed E-state index contributed by atoms with van der Waals surface area (Å²) in [6.45, 7) is 16.0. The van der Waals surface area contributed by atoms with Gasteiger partial charge in [-0.05, 0) is 34.7 Å². The highest BCUT2D eigenvalue weighted by Gasteiger charge is 2.45. The van der Waals surface area contributed by atoms with Gasteiger partial charge in [-0.25, -0.2) is 8.42 Å². The molecule has 5 heteroatoms. The summed E-state index contributed by atoms with van der Waals surface area (Å²) in [7, 11) is -5.19. The summed E-state index contributed by atoms with van der Waals surface area (Å²) < 4.78 is 31.6. The molecule has 0 heterocycles. The maximum absolute atomic E-state index is 12.5. The molecule has 0 aliphatic rings. The molecule has 0 saturated carbocycles. The van der Waals surface area contributed by atoms with Crippen LogP contribution in [-0.4, -0.2) is 29.1 Å². The zero-order valence-corrected chi connectivity index (χ0v) is 18.1. The molecular weight excluding hydrogens is 336 g/mol. The number of hydrogen-bond donors (Lipinski definition) is 0. The molecule has 0 aromatic heterocycles. The molecule has 24 heavy (non-hydrogen) atoms. The first kappa shape index (κ1) is 21.4. The van der Waals surface area contributed by atoms with Crippen molar-refractivity contribution in [3.05, 3.63) is 30.3 Å². The van der Waals surface area contributed by atoms with Crippen LogP contribution in [0.15, 0.2) is 35.2 Å². The number of sulfone groups is 1. The molecule has 1 atom stereocenters. The summed E-state index contributed by atoms with van der Waals surface area (Å²) in [6.07, 6.45) is 0. The topological polar surface area (TPSA) is 43.4 Å². The Morgan fingerprint density at radius 1 is 0.875 bits per heavy atom. The molecule has 0 spiro atoms. The third-order valence-electron chi connectivity index (χ3n) is 4.93. The van der Waals surface area contributed by atoms with Gasteiger partial charge in [0.05, 0.1) is 10.6 Å². The molecular formula is C19H34O3SSi. The van der Waals surface area contributed by atoms with Crippen LogP contribution in [0.1, 0.15) is 48.5 Å². The Hall–Kier alpha value is -0.653. The van der Waals surface area contributed by atoms with Crippen LogP contribution < -0.4 is 0 Å². The smallest absolute Gasteiger partial charge is 0.200 e. The van der Waals surface area contributed by atoms with E-state index in [2.05, 4.69) is 41.5 Å².